The van der Waals surface area contributed by atoms with Gasteiger partial charge in [-0.05, 0) is 42.2 Å². The van der Waals surface area contributed by atoms with Crippen LogP contribution in [0.4, 0.5) is 0 Å². The first-order valence-electron chi connectivity index (χ1n) is 9.10. The van der Waals surface area contributed by atoms with Gasteiger partial charge in [0, 0.05) is 12.1 Å². The second-order valence-corrected chi connectivity index (χ2v) is 9.46. The van der Waals surface area contributed by atoms with Crippen molar-refractivity contribution >= 4 is 32.5 Å². The number of hydrogen-bond acceptors (Lipinski definition) is 5. The molecule has 1 aliphatic carbocycles. The predicted molar refractivity (Wildman–Crippen MR) is 101 cm³/mol. The third-order valence-corrected chi connectivity index (χ3v) is 6.89. The van der Waals surface area contributed by atoms with Gasteiger partial charge in [0.1, 0.15) is 0 Å². The van der Waals surface area contributed by atoms with Crippen molar-refractivity contribution in [3.63, 3.8) is 0 Å². The minimum Gasteiger partial charge on any atom is -0.452 e. The van der Waals surface area contributed by atoms with Crippen molar-refractivity contribution in [3.8, 4) is 0 Å². The average Bonchev–Trinajstić information content (AvgIpc) is 3.42. The first-order valence-corrected chi connectivity index (χ1v) is 10.9. The van der Waals surface area contributed by atoms with E-state index < -0.39 is 15.8 Å². The number of fused-ring (bicyclic) bond motifs is 1. The number of sulfone groups is 1. The molecule has 0 spiro atoms. The first kappa shape index (κ1) is 18.0. The average molecular weight is 387 g/mol. The molecule has 1 saturated heterocycles. The van der Waals surface area contributed by atoms with Crippen LogP contribution in [-0.2, 0) is 19.4 Å². The summed E-state index contributed by atoms with van der Waals surface area (Å²) in [5.41, 5.74) is 0.392. The molecule has 0 N–H and O–H groups in total. The van der Waals surface area contributed by atoms with Crippen LogP contribution in [0.15, 0.2) is 42.5 Å². The van der Waals surface area contributed by atoms with Crippen LogP contribution in [0.2, 0.25) is 0 Å². The van der Waals surface area contributed by atoms with Gasteiger partial charge in [-0.3, -0.25) is 4.79 Å². The molecule has 6 nitrogen and oxygen atoms in total. The molecule has 2 aliphatic rings. The van der Waals surface area contributed by atoms with Crippen LogP contribution >= 0.6 is 0 Å². The van der Waals surface area contributed by atoms with Gasteiger partial charge in [-0.25, -0.2) is 13.2 Å². The van der Waals surface area contributed by atoms with Crippen LogP contribution in [0, 0.1) is 0 Å². The smallest absolute Gasteiger partial charge is 0.338 e. The van der Waals surface area contributed by atoms with Crippen molar-refractivity contribution in [2.45, 2.75) is 31.3 Å². The molecule has 2 fully saturated rings. The molecule has 1 atom stereocenters. The zero-order chi connectivity index (χ0) is 19.0. The van der Waals surface area contributed by atoms with Crippen molar-refractivity contribution in [1.29, 1.82) is 0 Å². The van der Waals surface area contributed by atoms with E-state index in [-0.39, 0.29) is 36.1 Å². The quantitative estimate of drug-likeness (QED) is 0.735. The van der Waals surface area contributed by atoms with Crippen molar-refractivity contribution in [2.24, 2.45) is 0 Å². The summed E-state index contributed by atoms with van der Waals surface area (Å²) >= 11 is 0. The Morgan fingerprint density at radius 3 is 2.41 bits per heavy atom. The maximum atomic E-state index is 12.6. The number of hydrogen-bond donors (Lipinski definition) is 0. The lowest BCUT2D eigenvalue weighted by atomic mass is 10.1. The zero-order valence-corrected chi connectivity index (χ0v) is 15.7. The molecular weight excluding hydrogens is 366 g/mol. The van der Waals surface area contributed by atoms with E-state index in [1.165, 1.54) is 0 Å². The Labute approximate surface area is 158 Å². The first-order chi connectivity index (χ1) is 12.9. The molecule has 1 aliphatic heterocycles. The SMILES string of the molecule is O=C(OCC(=O)N(C1CC1)[C@H]1CCS(=O)(=O)C1)c1ccc2ccccc2c1. The number of ether oxygens (including phenoxy) is 1. The molecule has 27 heavy (non-hydrogen) atoms. The van der Waals surface area contributed by atoms with Crippen molar-refractivity contribution in [2.75, 3.05) is 18.1 Å². The Kier molecular flexibility index (Phi) is 4.63. The fourth-order valence-electron chi connectivity index (χ4n) is 3.65. The molecule has 142 valence electrons. The number of rotatable bonds is 5. The molecule has 7 heteroatoms. The van der Waals surface area contributed by atoms with E-state index in [1.54, 1.807) is 17.0 Å². The van der Waals surface area contributed by atoms with E-state index in [0.717, 1.165) is 23.6 Å². The van der Waals surface area contributed by atoms with Gasteiger partial charge in [0.25, 0.3) is 5.91 Å². The number of esters is 1. The monoisotopic (exact) mass is 387 g/mol. The fraction of sp³-hybridized carbons (Fsp3) is 0.400. The van der Waals surface area contributed by atoms with E-state index in [4.69, 9.17) is 4.74 Å². The lowest BCUT2D eigenvalue weighted by Crippen LogP contribution is -2.44. The highest BCUT2D eigenvalue weighted by molar-refractivity contribution is 7.91. The van der Waals surface area contributed by atoms with Crippen molar-refractivity contribution < 1.29 is 22.7 Å². The van der Waals surface area contributed by atoms with Crippen LogP contribution in [0.25, 0.3) is 10.8 Å². The van der Waals surface area contributed by atoms with E-state index in [2.05, 4.69) is 0 Å². The maximum Gasteiger partial charge on any atom is 0.338 e. The van der Waals surface area contributed by atoms with Gasteiger partial charge in [0.05, 0.1) is 17.1 Å². The highest BCUT2D eigenvalue weighted by Gasteiger charge is 2.42. The molecule has 0 unspecified atom stereocenters. The maximum absolute atomic E-state index is 12.6. The third-order valence-electron chi connectivity index (χ3n) is 5.14. The standard InChI is InChI=1S/C20H21NO5S/c22-19(21(17-7-8-17)18-9-10-27(24,25)13-18)12-26-20(23)16-6-5-14-3-1-2-4-15(14)11-16/h1-6,11,17-18H,7-10,12-13H2/t18-/m0/s1. The molecule has 2 aromatic carbocycles. The molecule has 2 aromatic rings. The van der Waals surface area contributed by atoms with E-state index in [1.807, 2.05) is 30.3 Å². The van der Waals surface area contributed by atoms with E-state index >= 15 is 0 Å². The Balaban J connectivity index is 1.41. The summed E-state index contributed by atoms with van der Waals surface area (Å²) in [6, 6.07) is 12.7. The molecule has 0 aromatic heterocycles. The number of carbonyl (C=O) groups is 2. The van der Waals surface area contributed by atoms with Crippen LogP contribution in [0.3, 0.4) is 0 Å². The second-order valence-electron chi connectivity index (χ2n) is 7.23. The van der Waals surface area contributed by atoms with E-state index in [9.17, 15) is 18.0 Å². The second kappa shape index (κ2) is 6.96. The van der Waals surface area contributed by atoms with Crippen molar-refractivity contribution in [1.82, 2.24) is 4.90 Å². The Morgan fingerprint density at radius 2 is 1.74 bits per heavy atom. The fourth-order valence-corrected chi connectivity index (χ4v) is 5.37. The number of benzene rings is 2. The zero-order valence-electron chi connectivity index (χ0n) is 14.8. The van der Waals surface area contributed by atoms with Gasteiger partial charge in [-0.1, -0.05) is 30.3 Å². The third kappa shape index (κ3) is 3.98. The molecule has 4 rings (SSSR count). The van der Waals surface area contributed by atoms with Crippen LogP contribution < -0.4 is 0 Å². The van der Waals surface area contributed by atoms with Gasteiger partial charge >= 0.3 is 5.97 Å². The predicted octanol–water partition coefficient (Wildman–Crippen LogP) is 2.17. The minimum atomic E-state index is -3.08. The van der Waals surface area contributed by atoms with Gasteiger partial charge in [-0.2, -0.15) is 0 Å². The Morgan fingerprint density at radius 1 is 1.00 bits per heavy atom. The molecule has 0 radical (unpaired) electrons. The lowest BCUT2D eigenvalue weighted by Gasteiger charge is -2.28. The van der Waals surface area contributed by atoms with Crippen LogP contribution in [0.5, 0.6) is 0 Å². The lowest BCUT2D eigenvalue weighted by molar-refractivity contribution is -0.137. The minimum absolute atomic E-state index is 0.00780. The molecular formula is C20H21NO5S. The van der Waals surface area contributed by atoms with E-state index in [0.29, 0.717) is 12.0 Å². The summed E-state index contributed by atoms with van der Waals surface area (Å²) in [5, 5.41) is 1.95. The largest absolute Gasteiger partial charge is 0.452 e. The van der Waals surface area contributed by atoms with Gasteiger partial charge in [0.15, 0.2) is 16.4 Å². The number of nitrogens with zero attached hydrogens (tertiary/aromatic N) is 1. The Bertz CT molecular complexity index is 996. The normalized spacial score (nSPS) is 21.1. The van der Waals surface area contributed by atoms with Gasteiger partial charge in [0.2, 0.25) is 0 Å². The summed E-state index contributed by atoms with van der Waals surface area (Å²) in [6.07, 6.45) is 2.21. The number of carbonyl (C=O) groups excluding carboxylic acids is 2. The Hall–Kier alpha value is -2.41. The summed E-state index contributed by atoms with van der Waals surface area (Å²) < 4.78 is 28.7. The highest BCUT2D eigenvalue weighted by atomic mass is 32.2. The molecule has 1 amide bonds. The summed E-state index contributed by atoms with van der Waals surface area (Å²) in [4.78, 5) is 26.6. The number of amides is 1. The summed E-state index contributed by atoms with van der Waals surface area (Å²) in [7, 11) is -3.08. The molecule has 0 bridgehead atoms. The summed E-state index contributed by atoms with van der Waals surface area (Å²) in [6.45, 7) is -0.362. The highest BCUT2D eigenvalue weighted by Crippen LogP contribution is 2.32. The van der Waals surface area contributed by atoms with Crippen molar-refractivity contribution in [3.05, 3.63) is 48.0 Å². The van der Waals surface area contributed by atoms with Crippen LogP contribution in [0.1, 0.15) is 29.6 Å². The van der Waals surface area contributed by atoms with Gasteiger partial charge < -0.3 is 9.64 Å². The summed E-state index contributed by atoms with van der Waals surface area (Å²) in [5.74, 6) is -0.739. The molecule has 1 heterocycles. The van der Waals surface area contributed by atoms with Crippen LogP contribution in [-0.4, -0.2) is 55.4 Å². The van der Waals surface area contributed by atoms with Gasteiger partial charge in [-0.15, -0.1) is 0 Å². The molecule has 1 saturated carbocycles. The topological polar surface area (TPSA) is 80.8 Å².